The molecule has 0 aliphatic heterocycles. The predicted molar refractivity (Wildman–Crippen MR) is 72.8 cm³/mol. The third-order valence-electron chi connectivity index (χ3n) is 2.79. The van der Waals surface area contributed by atoms with E-state index in [1.54, 1.807) is 0 Å². The first-order chi connectivity index (χ1) is 8.15. The summed E-state index contributed by atoms with van der Waals surface area (Å²) >= 11 is 3.30. The summed E-state index contributed by atoms with van der Waals surface area (Å²) in [7, 11) is 0. The zero-order chi connectivity index (χ0) is 12.3. The molecule has 2 rings (SSSR count). The Morgan fingerprint density at radius 2 is 1.88 bits per heavy atom. The summed E-state index contributed by atoms with van der Waals surface area (Å²) < 4.78 is 6.22. The van der Waals surface area contributed by atoms with Crippen LogP contribution >= 0.6 is 15.9 Å². The van der Waals surface area contributed by atoms with E-state index in [0.717, 1.165) is 17.0 Å². The van der Waals surface area contributed by atoms with E-state index in [2.05, 4.69) is 59.4 Å². The van der Waals surface area contributed by atoms with E-state index in [4.69, 9.17) is 4.42 Å². The van der Waals surface area contributed by atoms with Crippen LogP contribution in [0.1, 0.15) is 29.9 Å². The van der Waals surface area contributed by atoms with Gasteiger partial charge in [-0.2, -0.15) is 0 Å². The predicted octanol–water partition coefficient (Wildman–Crippen LogP) is 4.20. The highest BCUT2D eigenvalue weighted by Crippen LogP contribution is 2.16. The molecule has 0 aliphatic carbocycles. The summed E-state index contributed by atoms with van der Waals surface area (Å²) in [6, 6.07) is 12.8. The van der Waals surface area contributed by atoms with Gasteiger partial charge in [-0.05, 0) is 47.5 Å². The summed E-state index contributed by atoms with van der Waals surface area (Å²) in [6.45, 7) is 4.99. The van der Waals surface area contributed by atoms with Crippen LogP contribution in [0.2, 0.25) is 0 Å². The molecule has 1 N–H and O–H groups in total. The van der Waals surface area contributed by atoms with Gasteiger partial charge >= 0.3 is 0 Å². The van der Waals surface area contributed by atoms with Gasteiger partial charge < -0.3 is 9.73 Å². The summed E-state index contributed by atoms with van der Waals surface area (Å²) in [5.74, 6) is 0.941. The largest absolute Gasteiger partial charge is 0.453 e. The van der Waals surface area contributed by atoms with Gasteiger partial charge in [-0.3, -0.25) is 0 Å². The zero-order valence-electron chi connectivity index (χ0n) is 10.0. The van der Waals surface area contributed by atoms with Gasteiger partial charge in [-0.1, -0.05) is 29.8 Å². The second-order valence-electron chi connectivity index (χ2n) is 4.22. The minimum absolute atomic E-state index is 0.319. The van der Waals surface area contributed by atoms with Crippen molar-refractivity contribution in [3.8, 4) is 0 Å². The topological polar surface area (TPSA) is 25.2 Å². The summed E-state index contributed by atoms with van der Waals surface area (Å²) in [4.78, 5) is 0. The lowest BCUT2D eigenvalue weighted by Crippen LogP contribution is -2.17. The van der Waals surface area contributed by atoms with Crippen LogP contribution in [0.4, 0.5) is 0 Å². The molecule has 17 heavy (non-hydrogen) atoms. The fourth-order valence-corrected chi connectivity index (χ4v) is 2.01. The lowest BCUT2D eigenvalue weighted by molar-refractivity contribution is 0.447. The Bertz CT molecular complexity index is 475. The van der Waals surface area contributed by atoms with E-state index in [1.165, 1.54) is 11.1 Å². The fraction of sp³-hybridized carbons (Fsp3) is 0.286. The number of aryl methyl sites for hydroxylation is 1. The Morgan fingerprint density at radius 3 is 2.47 bits per heavy atom. The van der Waals surface area contributed by atoms with Crippen LogP contribution < -0.4 is 5.32 Å². The first-order valence-corrected chi connectivity index (χ1v) is 6.48. The van der Waals surface area contributed by atoms with Crippen molar-refractivity contribution in [1.29, 1.82) is 0 Å². The summed E-state index contributed by atoms with van der Waals surface area (Å²) in [6.07, 6.45) is 0. The van der Waals surface area contributed by atoms with Gasteiger partial charge in [0.25, 0.3) is 0 Å². The maximum absolute atomic E-state index is 5.44. The normalized spacial score (nSPS) is 12.6. The number of hydrogen-bond donors (Lipinski definition) is 1. The van der Waals surface area contributed by atoms with Gasteiger partial charge in [0.2, 0.25) is 0 Å². The molecule has 0 amide bonds. The molecule has 0 bridgehead atoms. The molecular formula is C14H16BrNO. The van der Waals surface area contributed by atoms with Crippen LogP contribution in [0.3, 0.4) is 0 Å². The van der Waals surface area contributed by atoms with Crippen LogP contribution in [-0.4, -0.2) is 0 Å². The van der Waals surface area contributed by atoms with Crippen LogP contribution in [0.25, 0.3) is 0 Å². The van der Waals surface area contributed by atoms with E-state index in [0.29, 0.717) is 6.04 Å². The maximum Gasteiger partial charge on any atom is 0.169 e. The molecule has 2 aromatic rings. The smallest absolute Gasteiger partial charge is 0.169 e. The Morgan fingerprint density at radius 1 is 1.18 bits per heavy atom. The molecule has 0 fully saturated rings. The Hall–Kier alpha value is -1.06. The van der Waals surface area contributed by atoms with Crippen molar-refractivity contribution in [3.05, 3.63) is 58.0 Å². The molecule has 1 atom stereocenters. The lowest BCUT2D eigenvalue weighted by atomic mass is 10.1. The molecule has 0 aliphatic rings. The van der Waals surface area contributed by atoms with Crippen molar-refractivity contribution in [2.24, 2.45) is 0 Å². The Balaban J connectivity index is 1.93. The van der Waals surface area contributed by atoms with Gasteiger partial charge in [-0.25, -0.2) is 0 Å². The van der Waals surface area contributed by atoms with Gasteiger partial charge in [-0.15, -0.1) is 0 Å². The van der Waals surface area contributed by atoms with Crippen molar-refractivity contribution in [2.75, 3.05) is 0 Å². The van der Waals surface area contributed by atoms with Gasteiger partial charge in [0, 0.05) is 6.04 Å². The number of nitrogens with one attached hydrogen (secondary N) is 1. The highest BCUT2D eigenvalue weighted by Gasteiger charge is 2.06. The van der Waals surface area contributed by atoms with Crippen LogP contribution in [0, 0.1) is 6.92 Å². The van der Waals surface area contributed by atoms with E-state index in [1.807, 2.05) is 12.1 Å². The summed E-state index contributed by atoms with van der Waals surface area (Å²) in [5.41, 5.74) is 2.58. The standard InChI is InChI=1S/C14H16BrNO/c1-10-3-5-12(6-4-10)11(2)16-9-13-7-8-14(15)17-13/h3-8,11,16H,9H2,1-2H3/t11-/m1/s1. The third-order valence-corrected chi connectivity index (χ3v) is 3.21. The van der Waals surface area contributed by atoms with E-state index in [-0.39, 0.29) is 0 Å². The number of benzene rings is 1. The fourth-order valence-electron chi connectivity index (χ4n) is 1.67. The van der Waals surface area contributed by atoms with Crippen molar-refractivity contribution in [1.82, 2.24) is 5.32 Å². The second kappa shape index (κ2) is 5.52. The molecule has 1 aromatic heterocycles. The zero-order valence-corrected chi connectivity index (χ0v) is 11.6. The molecule has 2 nitrogen and oxygen atoms in total. The van der Waals surface area contributed by atoms with E-state index >= 15 is 0 Å². The highest BCUT2D eigenvalue weighted by atomic mass is 79.9. The average molecular weight is 294 g/mol. The molecule has 1 heterocycles. The molecule has 3 heteroatoms. The number of rotatable bonds is 4. The van der Waals surface area contributed by atoms with Crippen molar-refractivity contribution in [3.63, 3.8) is 0 Å². The number of hydrogen-bond acceptors (Lipinski definition) is 2. The van der Waals surface area contributed by atoms with Crippen molar-refractivity contribution < 1.29 is 4.42 Å². The minimum Gasteiger partial charge on any atom is -0.453 e. The lowest BCUT2D eigenvalue weighted by Gasteiger charge is -2.13. The van der Waals surface area contributed by atoms with Gasteiger partial charge in [0.05, 0.1) is 6.54 Å². The average Bonchev–Trinajstić information content (AvgIpc) is 2.73. The molecule has 0 spiro atoms. The molecule has 1 aromatic carbocycles. The van der Waals surface area contributed by atoms with Gasteiger partial charge in [0.1, 0.15) is 5.76 Å². The van der Waals surface area contributed by atoms with Gasteiger partial charge in [0.15, 0.2) is 4.67 Å². The van der Waals surface area contributed by atoms with Crippen LogP contribution in [-0.2, 0) is 6.54 Å². The first kappa shape index (κ1) is 12.4. The van der Waals surface area contributed by atoms with Crippen LogP contribution in [0.15, 0.2) is 45.5 Å². The first-order valence-electron chi connectivity index (χ1n) is 5.69. The number of furan rings is 1. The Kier molecular flexibility index (Phi) is 4.02. The number of halogens is 1. The highest BCUT2D eigenvalue weighted by molar-refractivity contribution is 9.10. The van der Waals surface area contributed by atoms with Crippen molar-refractivity contribution in [2.45, 2.75) is 26.4 Å². The SMILES string of the molecule is Cc1ccc([C@@H](C)NCc2ccc(Br)o2)cc1. The van der Waals surface area contributed by atoms with Crippen molar-refractivity contribution >= 4 is 15.9 Å². The second-order valence-corrected chi connectivity index (χ2v) is 5.00. The maximum atomic E-state index is 5.44. The molecule has 90 valence electrons. The van der Waals surface area contributed by atoms with E-state index < -0.39 is 0 Å². The molecular weight excluding hydrogens is 278 g/mol. The monoisotopic (exact) mass is 293 g/mol. The third kappa shape index (κ3) is 3.45. The Labute approximate surface area is 110 Å². The molecule has 0 saturated heterocycles. The van der Waals surface area contributed by atoms with E-state index in [9.17, 15) is 0 Å². The molecule has 0 saturated carbocycles. The quantitative estimate of drug-likeness (QED) is 0.914. The van der Waals surface area contributed by atoms with Crippen LogP contribution in [0.5, 0.6) is 0 Å². The minimum atomic E-state index is 0.319. The molecule has 0 unspecified atom stereocenters. The molecule has 0 radical (unpaired) electrons. The summed E-state index contributed by atoms with van der Waals surface area (Å²) in [5, 5.41) is 3.43.